The van der Waals surface area contributed by atoms with Crippen LogP contribution >= 0.6 is 0 Å². The third kappa shape index (κ3) is 8.02. The third-order valence-corrected chi connectivity index (χ3v) is 5.72. The zero-order valence-electron chi connectivity index (χ0n) is 20.5. The summed E-state index contributed by atoms with van der Waals surface area (Å²) < 4.78 is 0. The summed E-state index contributed by atoms with van der Waals surface area (Å²) in [6.07, 6.45) is 14.0. The molecule has 1 aromatic rings. The van der Waals surface area contributed by atoms with Crippen molar-refractivity contribution in [2.75, 3.05) is 33.0 Å². The molecule has 0 saturated heterocycles. The van der Waals surface area contributed by atoms with E-state index in [1.165, 1.54) is 6.20 Å². The standard InChI is InChI=1S/C25H37N7O2/c1-18(9-8-12-26-2)22(33)25(34)31-20-15-19(16-29-17-20)10-6-7-14-32(5)24(28-4)21-11-13-30-23(21)27-3/h8-9,11-13,15-17,21-22,24,28,33H,2,6-7,10,14H2,1,3-5H3,(H,27,30)(H,31,34)/b12-8-,18-9+/t21-,22+,24?/m0/s1. The van der Waals surface area contributed by atoms with Crippen LogP contribution in [0.3, 0.4) is 0 Å². The minimum Gasteiger partial charge on any atom is -0.379 e. The molecule has 0 spiro atoms. The van der Waals surface area contributed by atoms with E-state index in [1.54, 1.807) is 32.3 Å². The summed E-state index contributed by atoms with van der Waals surface area (Å²) in [6.45, 7) is 5.95. The number of allylic oxidation sites excluding steroid dienone is 2. The Hall–Kier alpha value is -3.14. The summed E-state index contributed by atoms with van der Waals surface area (Å²) in [6, 6.07) is 1.90. The Kier molecular flexibility index (Phi) is 11.3. The molecule has 9 nitrogen and oxygen atoms in total. The number of aromatic nitrogens is 1. The second-order valence-corrected chi connectivity index (χ2v) is 8.22. The molecule has 2 rings (SSSR count). The highest BCUT2D eigenvalue weighted by atomic mass is 16.3. The lowest BCUT2D eigenvalue weighted by Gasteiger charge is -2.31. The van der Waals surface area contributed by atoms with Gasteiger partial charge in [0.2, 0.25) is 0 Å². The van der Waals surface area contributed by atoms with Crippen LogP contribution in [0.1, 0.15) is 25.3 Å². The number of nitrogens with one attached hydrogen (secondary N) is 3. The molecule has 34 heavy (non-hydrogen) atoms. The van der Waals surface area contributed by atoms with Crippen LogP contribution in [-0.2, 0) is 11.2 Å². The van der Waals surface area contributed by atoms with Gasteiger partial charge in [-0.2, -0.15) is 0 Å². The van der Waals surface area contributed by atoms with Crippen LogP contribution in [0, 0.1) is 5.92 Å². The normalized spacial score (nSPS) is 18.9. The monoisotopic (exact) mass is 467 g/mol. The van der Waals surface area contributed by atoms with Crippen LogP contribution in [-0.4, -0.2) is 73.4 Å². The molecule has 0 aliphatic carbocycles. The van der Waals surface area contributed by atoms with E-state index >= 15 is 0 Å². The van der Waals surface area contributed by atoms with Crippen molar-refractivity contribution >= 4 is 24.1 Å². The van der Waals surface area contributed by atoms with Gasteiger partial charge in [0.25, 0.3) is 5.91 Å². The van der Waals surface area contributed by atoms with Crippen LogP contribution in [0.4, 0.5) is 5.69 Å². The summed E-state index contributed by atoms with van der Waals surface area (Å²) in [5.41, 5.74) is 2.11. The van der Waals surface area contributed by atoms with Gasteiger partial charge < -0.3 is 21.1 Å². The zero-order chi connectivity index (χ0) is 24.9. The number of aliphatic imine (C=N–C) groups is 2. The molecule has 3 atom stereocenters. The van der Waals surface area contributed by atoms with Gasteiger partial charge in [-0.1, -0.05) is 12.2 Å². The van der Waals surface area contributed by atoms with Crippen molar-refractivity contribution < 1.29 is 9.90 Å². The number of rotatable bonds is 13. The van der Waals surface area contributed by atoms with E-state index in [2.05, 4.69) is 55.7 Å². The van der Waals surface area contributed by atoms with Crippen molar-refractivity contribution in [1.29, 1.82) is 0 Å². The molecule has 0 saturated carbocycles. The van der Waals surface area contributed by atoms with Crippen LogP contribution in [0.25, 0.3) is 0 Å². The molecule has 4 N–H and O–H groups in total. The highest BCUT2D eigenvalue weighted by Gasteiger charge is 2.28. The molecular formula is C25H37N7O2. The number of nitrogens with zero attached hydrogens (tertiary/aromatic N) is 4. The molecule has 0 radical (unpaired) electrons. The molecule has 1 unspecified atom stereocenters. The molecule has 9 heteroatoms. The number of aliphatic hydroxyl groups is 1. The minimum absolute atomic E-state index is 0.164. The Morgan fingerprint density at radius 3 is 2.91 bits per heavy atom. The maximum atomic E-state index is 12.4. The average Bonchev–Trinajstić information content (AvgIpc) is 3.30. The minimum atomic E-state index is -1.25. The quantitative estimate of drug-likeness (QED) is 0.153. The lowest BCUT2D eigenvalue weighted by Crippen LogP contribution is -2.49. The molecular weight excluding hydrogens is 430 g/mol. The predicted octanol–water partition coefficient (Wildman–Crippen LogP) is 2.10. The first-order chi connectivity index (χ1) is 16.4. The van der Waals surface area contributed by atoms with Crippen LogP contribution in [0.5, 0.6) is 0 Å². The summed E-state index contributed by atoms with van der Waals surface area (Å²) >= 11 is 0. The van der Waals surface area contributed by atoms with E-state index in [1.807, 2.05) is 25.5 Å². The molecule has 2 heterocycles. The van der Waals surface area contributed by atoms with Gasteiger partial charge in [0, 0.05) is 19.4 Å². The average molecular weight is 468 g/mol. The van der Waals surface area contributed by atoms with E-state index in [4.69, 9.17) is 0 Å². The van der Waals surface area contributed by atoms with Crippen molar-refractivity contribution in [3.05, 3.63) is 60.2 Å². The Labute approximate surface area is 202 Å². The summed E-state index contributed by atoms with van der Waals surface area (Å²) in [4.78, 5) is 26.8. The molecule has 184 valence electrons. The zero-order valence-corrected chi connectivity index (χ0v) is 20.5. The summed E-state index contributed by atoms with van der Waals surface area (Å²) in [5.74, 6) is 0.669. The number of carbonyl (C=O) groups is 1. The van der Waals surface area contributed by atoms with E-state index in [-0.39, 0.29) is 12.1 Å². The topological polar surface area (TPSA) is 114 Å². The van der Waals surface area contributed by atoms with Gasteiger partial charge in [-0.15, -0.1) is 0 Å². The smallest absolute Gasteiger partial charge is 0.257 e. The molecule has 1 amide bonds. The molecule has 0 bridgehead atoms. The van der Waals surface area contributed by atoms with Gasteiger partial charge in [0.15, 0.2) is 6.10 Å². The third-order valence-electron chi connectivity index (χ3n) is 5.72. The Balaban J connectivity index is 1.83. The molecule has 0 fully saturated rings. The number of hydrogen-bond donors (Lipinski definition) is 4. The first kappa shape index (κ1) is 27.1. The highest BCUT2D eigenvalue weighted by molar-refractivity contribution is 5.95. The Morgan fingerprint density at radius 2 is 2.21 bits per heavy atom. The Morgan fingerprint density at radius 1 is 1.41 bits per heavy atom. The van der Waals surface area contributed by atoms with E-state index in [0.717, 1.165) is 37.2 Å². The second-order valence-electron chi connectivity index (χ2n) is 8.22. The van der Waals surface area contributed by atoms with Crippen molar-refractivity contribution in [3.8, 4) is 0 Å². The SMILES string of the molecule is C=N/C=C\C=C(/C)[C@@H](O)C(=O)Nc1cncc(CCCCN(C)C(NC)[C@H]2C=CNC2=NC)c1. The summed E-state index contributed by atoms with van der Waals surface area (Å²) in [5, 5.41) is 19.5. The molecule has 1 aliphatic heterocycles. The number of amidine groups is 1. The fraction of sp³-hybridized carbons (Fsp3) is 0.440. The fourth-order valence-corrected chi connectivity index (χ4v) is 3.85. The van der Waals surface area contributed by atoms with Crippen molar-refractivity contribution in [2.45, 2.75) is 38.5 Å². The van der Waals surface area contributed by atoms with Gasteiger partial charge in [-0.3, -0.25) is 24.7 Å². The number of anilines is 1. The number of aryl methyl sites for hydroxylation is 1. The van der Waals surface area contributed by atoms with Crippen molar-refractivity contribution in [3.63, 3.8) is 0 Å². The molecule has 1 aliphatic rings. The predicted molar refractivity (Wildman–Crippen MR) is 139 cm³/mol. The maximum Gasteiger partial charge on any atom is 0.257 e. The summed E-state index contributed by atoms with van der Waals surface area (Å²) in [7, 11) is 5.89. The van der Waals surface area contributed by atoms with Crippen molar-refractivity contribution in [2.24, 2.45) is 15.9 Å². The number of carbonyl (C=O) groups excluding carboxylic acids is 1. The number of unbranched alkanes of at least 4 members (excludes halogenated alkanes) is 1. The highest BCUT2D eigenvalue weighted by Crippen LogP contribution is 2.17. The molecule has 1 aromatic heterocycles. The molecule has 0 aromatic carbocycles. The fourth-order valence-electron chi connectivity index (χ4n) is 3.85. The second kappa shape index (κ2) is 14.2. The largest absolute Gasteiger partial charge is 0.379 e. The van der Waals surface area contributed by atoms with Gasteiger partial charge in [-0.25, -0.2) is 0 Å². The number of amides is 1. The van der Waals surface area contributed by atoms with E-state index in [0.29, 0.717) is 11.3 Å². The van der Waals surface area contributed by atoms with Gasteiger partial charge >= 0.3 is 0 Å². The lowest BCUT2D eigenvalue weighted by atomic mass is 10.0. The van der Waals surface area contributed by atoms with E-state index in [9.17, 15) is 9.90 Å². The van der Waals surface area contributed by atoms with Crippen LogP contribution < -0.4 is 16.0 Å². The van der Waals surface area contributed by atoms with Gasteiger partial charge in [0.1, 0.15) is 5.84 Å². The number of aliphatic hydroxyl groups excluding tert-OH is 1. The van der Waals surface area contributed by atoms with Crippen LogP contribution in [0.15, 0.2) is 64.6 Å². The number of hydrogen-bond acceptors (Lipinski definition) is 7. The maximum absolute atomic E-state index is 12.4. The Bertz CT molecular complexity index is 939. The first-order valence-electron chi connectivity index (χ1n) is 11.4. The number of pyridine rings is 1. The van der Waals surface area contributed by atoms with Gasteiger partial charge in [0.05, 0.1) is 24.0 Å². The van der Waals surface area contributed by atoms with Crippen LogP contribution in [0.2, 0.25) is 0 Å². The first-order valence-corrected chi connectivity index (χ1v) is 11.4. The van der Waals surface area contributed by atoms with Crippen molar-refractivity contribution in [1.82, 2.24) is 20.5 Å². The van der Waals surface area contributed by atoms with E-state index < -0.39 is 12.0 Å². The van der Waals surface area contributed by atoms with Gasteiger partial charge in [-0.05, 0) is 83.0 Å². The lowest BCUT2D eigenvalue weighted by molar-refractivity contribution is -0.122.